The van der Waals surface area contributed by atoms with Gasteiger partial charge in [-0.25, -0.2) is 0 Å². The number of piperazine rings is 1. The zero-order chi connectivity index (χ0) is 23.6. The fourth-order valence-electron chi connectivity index (χ4n) is 5.32. The van der Waals surface area contributed by atoms with Crippen molar-refractivity contribution in [2.45, 2.75) is 6.04 Å². The van der Waals surface area contributed by atoms with E-state index in [0.29, 0.717) is 0 Å². The zero-order valence-electron chi connectivity index (χ0n) is 19.7. The van der Waals surface area contributed by atoms with Crippen LogP contribution in [-0.2, 0) is 0 Å². The molecule has 3 nitrogen and oxygen atoms in total. The van der Waals surface area contributed by atoms with Crippen LogP contribution in [0.15, 0.2) is 115 Å². The first kappa shape index (κ1) is 21.6. The van der Waals surface area contributed by atoms with Crippen LogP contribution in [-0.4, -0.2) is 41.9 Å². The van der Waals surface area contributed by atoms with Gasteiger partial charge in [-0.05, 0) is 56.9 Å². The van der Waals surface area contributed by atoms with Gasteiger partial charge in [-0.15, -0.1) is 0 Å². The third-order valence-electron chi connectivity index (χ3n) is 7.15. The molecule has 0 radical (unpaired) electrons. The Morgan fingerprint density at radius 2 is 1.06 bits per heavy atom. The number of hydrogen-bond donors (Lipinski definition) is 0. The van der Waals surface area contributed by atoms with Gasteiger partial charge in [0, 0.05) is 31.7 Å². The Morgan fingerprint density at radius 1 is 0.543 bits per heavy atom. The van der Waals surface area contributed by atoms with Gasteiger partial charge in [-0.3, -0.25) is 9.69 Å². The molecule has 1 heterocycles. The average Bonchev–Trinajstić information content (AvgIpc) is 2.93. The van der Waals surface area contributed by atoms with Crippen LogP contribution in [0.3, 0.4) is 0 Å². The van der Waals surface area contributed by atoms with Crippen LogP contribution >= 0.6 is 0 Å². The Balaban J connectivity index is 1.22. The SMILES string of the molecule is O=C(c1ccc2cc3ccccc3cc2c1)N1CCN(C(c2ccccc2)c2ccccc2)CC1. The maximum atomic E-state index is 13.4. The molecule has 6 rings (SSSR count). The molecule has 172 valence electrons. The number of fused-ring (bicyclic) bond motifs is 2. The van der Waals surface area contributed by atoms with Crippen LogP contribution in [0.25, 0.3) is 21.5 Å². The Labute approximate surface area is 206 Å². The summed E-state index contributed by atoms with van der Waals surface area (Å²) in [4.78, 5) is 17.9. The van der Waals surface area contributed by atoms with E-state index >= 15 is 0 Å². The molecule has 5 aromatic rings. The summed E-state index contributed by atoms with van der Waals surface area (Å²) in [5, 5.41) is 4.70. The average molecular weight is 457 g/mol. The van der Waals surface area contributed by atoms with Gasteiger partial charge in [0.25, 0.3) is 5.91 Å². The van der Waals surface area contributed by atoms with Crippen molar-refractivity contribution in [3.63, 3.8) is 0 Å². The fraction of sp³-hybridized carbons (Fsp3) is 0.156. The predicted molar refractivity (Wildman–Crippen MR) is 144 cm³/mol. The molecule has 35 heavy (non-hydrogen) atoms. The van der Waals surface area contributed by atoms with Gasteiger partial charge in [0.1, 0.15) is 0 Å². The second-order valence-electron chi connectivity index (χ2n) is 9.31. The summed E-state index contributed by atoms with van der Waals surface area (Å²) in [6.07, 6.45) is 0. The topological polar surface area (TPSA) is 23.6 Å². The monoisotopic (exact) mass is 456 g/mol. The Kier molecular flexibility index (Phi) is 5.77. The van der Waals surface area contributed by atoms with E-state index in [4.69, 9.17) is 0 Å². The van der Waals surface area contributed by atoms with Gasteiger partial charge >= 0.3 is 0 Å². The van der Waals surface area contributed by atoms with Crippen LogP contribution < -0.4 is 0 Å². The normalized spacial score (nSPS) is 14.6. The number of benzene rings is 5. The van der Waals surface area contributed by atoms with Crippen molar-refractivity contribution in [1.29, 1.82) is 0 Å². The first-order valence-electron chi connectivity index (χ1n) is 12.3. The third kappa shape index (κ3) is 4.31. The minimum absolute atomic E-state index is 0.121. The molecule has 1 aliphatic rings. The summed E-state index contributed by atoms with van der Waals surface area (Å²) in [5.74, 6) is 0.121. The van der Waals surface area contributed by atoms with Crippen LogP contribution in [0.2, 0.25) is 0 Å². The van der Waals surface area contributed by atoms with E-state index < -0.39 is 0 Å². The summed E-state index contributed by atoms with van der Waals surface area (Å²) < 4.78 is 0. The predicted octanol–water partition coefficient (Wildman–Crippen LogP) is 6.54. The van der Waals surface area contributed by atoms with Crippen LogP contribution in [0.1, 0.15) is 27.5 Å². The molecule has 3 heteroatoms. The quantitative estimate of drug-likeness (QED) is 0.287. The van der Waals surface area contributed by atoms with E-state index in [9.17, 15) is 4.79 Å². The number of rotatable bonds is 4. The van der Waals surface area contributed by atoms with Crippen molar-refractivity contribution in [2.75, 3.05) is 26.2 Å². The maximum Gasteiger partial charge on any atom is 0.253 e. The molecule has 0 unspecified atom stereocenters. The molecular formula is C32H28N2O. The van der Waals surface area contributed by atoms with Crippen LogP contribution in [0.5, 0.6) is 0 Å². The van der Waals surface area contributed by atoms with Gasteiger partial charge in [-0.1, -0.05) is 91.0 Å². The van der Waals surface area contributed by atoms with Crippen LogP contribution in [0, 0.1) is 0 Å². The Bertz CT molecular complexity index is 1430. The van der Waals surface area contributed by atoms with Gasteiger partial charge in [0.05, 0.1) is 6.04 Å². The highest BCUT2D eigenvalue weighted by molar-refractivity contribution is 6.03. The van der Waals surface area contributed by atoms with E-state index in [-0.39, 0.29) is 11.9 Å². The lowest BCUT2D eigenvalue weighted by Gasteiger charge is -2.39. The van der Waals surface area contributed by atoms with E-state index in [2.05, 4.69) is 108 Å². The maximum absolute atomic E-state index is 13.4. The number of nitrogens with zero attached hydrogens (tertiary/aromatic N) is 2. The number of carbonyl (C=O) groups is 1. The highest BCUT2D eigenvalue weighted by Gasteiger charge is 2.28. The second kappa shape index (κ2) is 9.36. The molecule has 1 amide bonds. The van der Waals surface area contributed by atoms with Gasteiger partial charge in [0.2, 0.25) is 0 Å². The van der Waals surface area contributed by atoms with E-state index in [1.807, 2.05) is 17.0 Å². The molecule has 0 saturated carbocycles. The summed E-state index contributed by atoms with van der Waals surface area (Å²) >= 11 is 0. The van der Waals surface area contributed by atoms with Gasteiger partial charge < -0.3 is 4.90 Å². The van der Waals surface area contributed by atoms with Crippen molar-refractivity contribution in [2.24, 2.45) is 0 Å². The molecule has 5 aromatic carbocycles. The lowest BCUT2D eigenvalue weighted by atomic mass is 9.96. The van der Waals surface area contributed by atoms with Crippen molar-refractivity contribution in [3.8, 4) is 0 Å². The van der Waals surface area contributed by atoms with Crippen molar-refractivity contribution in [3.05, 3.63) is 132 Å². The molecule has 0 N–H and O–H groups in total. The molecule has 0 bridgehead atoms. The third-order valence-corrected chi connectivity index (χ3v) is 7.15. The number of hydrogen-bond acceptors (Lipinski definition) is 2. The second-order valence-corrected chi connectivity index (χ2v) is 9.31. The van der Waals surface area contributed by atoms with E-state index in [1.165, 1.54) is 27.3 Å². The van der Waals surface area contributed by atoms with Crippen molar-refractivity contribution < 1.29 is 4.79 Å². The molecule has 1 fully saturated rings. The van der Waals surface area contributed by atoms with Gasteiger partial charge in [0.15, 0.2) is 0 Å². The first-order chi connectivity index (χ1) is 17.3. The first-order valence-corrected chi connectivity index (χ1v) is 12.3. The lowest BCUT2D eigenvalue weighted by Crippen LogP contribution is -2.49. The lowest BCUT2D eigenvalue weighted by molar-refractivity contribution is 0.0597. The molecule has 0 aliphatic carbocycles. The van der Waals surface area contributed by atoms with Crippen molar-refractivity contribution >= 4 is 27.5 Å². The standard InChI is InChI=1S/C32H28N2O/c35-32(29-16-15-28-21-26-13-7-8-14-27(26)22-30(28)23-29)34-19-17-33(18-20-34)31(24-9-3-1-4-10-24)25-11-5-2-6-12-25/h1-16,21-23,31H,17-20H2. The minimum atomic E-state index is 0.121. The highest BCUT2D eigenvalue weighted by Crippen LogP contribution is 2.30. The molecule has 1 aliphatic heterocycles. The smallest absolute Gasteiger partial charge is 0.253 e. The molecule has 0 atom stereocenters. The largest absolute Gasteiger partial charge is 0.336 e. The molecule has 1 saturated heterocycles. The van der Waals surface area contributed by atoms with Gasteiger partial charge in [-0.2, -0.15) is 0 Å². The number of amides is 1. The summed E-state index contributed by atoms with van der Waals surface area (Å²) in [7, 11) is 0. The van der Waals surface area contributed by atoms with E-state index in [1.54, 1.807) is 0 Å². The zero-order valence-corrected chi connectivity index (χ0v) is 19.7. The summed E-state index contributed by atoms with van der Waals surface area (Å²) in [6, 6.07) is 40.4. The molecule has 0 aromatic heterocycles. The highest BCUT2D eigenvalue weighted by atomic mass is 16.2. The molecule has 0 spiro atoms. The fourth-order valence-corrected chi connectivity index (χ4v) is 5.32. The molecular weight excluding hydrogens is 428 g/mol. The number of carbonyl (C=O) groups excluding carboxylic acids is 1. The summed E-state index contributed by atoms with van der Waals surface area (Å²) in [5.41, 5.74) is 3.35. The Morgan fingerprint density at radius 3 is 1.66 bits per heavy atom. The Hall–Kier alpha value is -3.95. The van der Waals surface area contributed by atoms with Crippen LogP contribution in [0.4, 0.5) is 0 Å². The van der Waals surface area contributed by atoms with Crippen molar-refractivity contribution in [1.82, 2.24) is 9.80 Å². The van der Waals surface area contributed by atoms with E-state index in [0.717, 1.165) is 37.1 Å². The minimum Gasteiger partial charge on any atom is -0.336 e. The summed E-state index contributed by atoms with van der Waals surface area (Å²) in [6.45, 7) is 3.15.